The van der Waals surface area contributed by atoms with Crippen molar-refractivity contribution in [1.29, 1.82) is 5.26 Å². The first-order valence-electron chi connectivity index (χ1n) is 10.0. The summed E-state index contributed by atoms with van der Waals surface area (Å²) in [5.41, 5.74) is 0.233. The minimum absolute atomic E-state index is 0.0640. The smallest absolute Gasteiger partial charge is 0.261 e. The average Bonchev–Trinajstić information content (AvgIpc) is 2.75. The first kappa shape index (κ1) is 22.7. The summed E-state index contributed by atoms with van der Waals surface area (Å²) >= 11 is 0. The van der Waals surface area contributed by atoms with Gasteiger partial charge in [0.05, 0.1) is 16.7 Å². The van der Waals surface area contributed by atoms with E-state index in [2.05, 4.69) is 15.7 Å². The average molecular weight is 445 g/mol. The number of hydrogen-bond acceptors (Lipinski definition) is 5. The summed E-state index contributed by atoms with van der Waals surface area (Å²) in [4.78, 5) is 16.5. The van der Waals surface area contributed by atoms with Crippen molar-refractivity contribution in [2.75, 3.05) is 30.9 Å². The third-order valence-corrected chi connectivity index (χ3v) is 6.67. The molecule has 2 aromatic carbocycles. The van der Waals surface area contributed by atoms with Gasteiger partial charge in [-0.25, -0.2) is 12.8 Å². The fourth-order valence-corrected chi connectivity index (χ4v) is 4.63. The zero-order valence-electron chi connectivity index (χ0n) is 17.5. The van der Waals surface area contributed by atoms with Crippen molar-refractivity contribution in [3.05, 3.63) is 59.9 Å². The van der Waals surface area contributed by atoms with Crippen LogP contribution in [-0.2, 0) is 10.0 Å². The van der Waals surface area contributed by atoms with Crippen LogP contribution >= 0.6 is 0 Å². The molecule has 31 heavy (non-hydrogen) atoms. The number of benzene rings is 2. The van der Waals surface area contributed by atoms with Crippen molar-refractivity contribution in [3.63, 3.8) is 0 Å². The Balaban J connectivity index is 1.66. The fraction of sp³-hybridized carbons (Fsp3) is 0.364. The molecule has 0 aliphatic carbocycles. The SMILES string of the molecule is CC(C)C(C#N)N1CCN(C(=O)c2ccc(S(=O)(=O)Nc3ccccc3F)cc2)CC1. The highest BCUT2D eigenvalue weighted by Crippen LogP contribution is 2.20. The molecule has 3 rings (SSSR count). The summed E-state index contributed by atoms with van der Waals surface area (Å²) in [5.74, 6) is -0.656. The first-order valence-corrected chi connectivity index (χ1v) is 11.5. The molecule has 1 saturated heterocycles. The molecule has 1 N–H and O–H groups in total. The van der Waals surface area contributed by atoms with E-state index in [9.17, 15) is 22.9 Å². The third kappa shape index (κ3) is 5.21. The number of nitrogens with one attached hydrogen (secondary N) is 1. The molecule has 1 heterocycles. The number of carbonyl (C=O) groups is 1. The highest BCUT2D eigenvalue weighted by atomic mass is 32.2. The van der Waals surface area contributed by atoms with Crippen molar-refractivity contribution in [3.8, 4) is 6.07 Å². The number of anilines is 1. The maximum atomic E-state index is 13.8. The van der Waals surface area contributed by atoms with E-state index in [1.165, 1.54) is 48.5 Å². The molecule has 0 spiro atoms. The summed E-state index contributed by atoms with van der Waals surface area (Å²) in [6.07, 6.45) is 0. The van der Waals surface area contributed by atoms with Gasteiger partial charge in [-0.05, 0) is 42.3 Å². The number of para-hydroxylation sites is 1. The molecule has 1 fully saturated rings. The summed E-state index contributed by atoms with van der Waals surface area (Å²) < 4.78 is 41.0. The Morgan fingerprint density at radius 2 is 1.68 bits per heavy atom. The number of carbonyl (C=O) groups excluding carboxylic acids is 1. The van der Waals surface area contributed by atoms with Crippen molar-refractivity contribution >= 4 is 21.6 Å². The zero-order chi connectivity index (χ0) is 22.6. The van der Waals surface area contributed by atoms with E-state index in [0.717, 1.165) is 0 Å². The van der Waals surface area contributed by atoms with Gasteiger partial charge in [-0.1, -0.05) is 26.0 Å². The van der Waals surface area contributed by atoms with Crippen LogP contribution < -0.4 is 4.72 Å². The van der Waals surface area contributed by atoms with Crippen LogP contribution in [0.25, 0.3) is 0 Å². The maximum Gasteiger partial charge on any atom is 0.261 e. The molecule has 0 radical (unpaired) electrons. The predicted molar refractivity (Wildman–Crippen MR) is 115 cm³/mol. The van der Waals surface area contributed by atoms with Crippen LogP contribution in [0.3, 0.4) is 0 Å². The highest BCUT2D eigenvalue weighted by Gasteiger charge is 2.28. The number of sulfonamides is 1. The van der Waals surface area contributed by atoms with Crippen LogP contribution in [0.15, 0.2) is 53.4 Å². The normalized spacial score (nSPS) is 16.0. The lowest BCUT2D eigenvalue weighted by molar-refractivity contribution is 0.0576. The molecule has 0 saturated carbocycles. The standard InChI is InChI=1S/C22H25FN4O3S/c1-16(2)21(15-24)26-11-13-27(14-12-26)22(28)17-7-9-18(10-8-17)31(29,30)25-20-6-4-3-5-19(20)23/h3-10,16,21,25H,11-14H2,1-2H3. The van der Waals surface area contributed by atoms with Crippen LogP contribution in [0.4, 0.5) is 10.1 Å². The van der Waals surface area contributed by atoms with Crippen LogP contribution in [0.5, 0.6) is 0 Å². The van der Waals surface area contributed by atoms with Gasteiger partial charge in [-0.2, -0.15) is 5.26 Å². The lowest BCUT2D eigenvalue weighted by atomic mass is 10.0. The minimum Gasteiger partial charge on any atom is -0.336 e. The Hall–Kier alpha value is -2.96. The van der Waals surface area contributed by atoms with Gasteiger partial charge in [0.25, 0.3) is 15.9 Å². The molecular formula is C22H25FN4O3S. The summed E-state index contributed by atoms with van der Waals surface area (Å²) in [7, 11) is -3.98. The third-order valence-electron chi connectivity index (χ3n) is 5.29. The second-order valence-corrected chi connectivity index (χ2v) is 9.44. The van der Waals surface area contributed by atoms with Crippen LogP contribution in [0.1, 0.15) is 24.2 Å². The van der Waals surface area contributed by atoms with E-state index in [-0.39, 0.29) is 28.4 Å². The molecular weight excluding hydrogens is 419 g/mol. The first-order chi connectivity index (χ1) is 14.7. The number of rotatable bonds is 6. The van der Waals surface area contributed by atoms with Crippen molar-refractivity contribution in [2.45, 2.75) is 24.8 Å². The number of halogens is 1. The second-order valence-electron chi connectivity index (χ2n) is 7.76. The molecule has 9 heteroatoms. The van der Waals surface area contributed by atoms with E-state index in [4.69, 9.17) is 0 Å². The molecule has 7 nitrogen and oxygen atoms in total. The Morgan fingerprint density at radius 1 is 1.06 bits per heavy atom. The van der Waals surface area contributed by atoms with E-state index < -0.39 is 15.8 Å². The molecule has 1 unspecified atom stereocenters. The highest BCUT2D eigenvalue weighted by molar-refractivity contribution is 7.92. The van der Waals surface area contributed by atoms with Crippen LogP contribution in [-0.4, -0.2) is 56.3 Å². The van der Waals surface area contributed by atoms with Gasteiger partial charge in [-0.3, -0.25) is 14.4 Å². The lowest BCUT2D eigenvalue weighted by Crippen LogP contribution is -2.52. The van der Waals surface area contributed by atoms with Crippen LogP contribution in [0, 0.1) is 23.1 Å². The van der Waals surface area contributed by atoms with E-state index in [1.54, 1.807) is 4.90 Å². The Kier molecular flexibility index (Phi) is 6.93. The Bertz CT molecular complexity index is 1070. The molecule has 1 atom stereocenters. The maximum absolute atomic E-state index is 13.8. The molecule has 1 aliphatic rings. The molecule has 2 aromatic rings. The largest absolute Gasteiger partial charge is 0.336 e. The zero-order valence-corrected chi connectivity index (χ0v) is 18.3. The Labute approximate surface area is 182 Å². The summed E-state index contributed by atoms with van der Waals surface area (Å²) in [6, 6.07) is 13.2. The molecule has 1 aliphatic heterocycles. The van der Waals surface area contributed by atoms with Crippen molar-refractivity contribution in [2.24, 2.45) is 5.92 Å². The van der Waals surface area contributed by atoms with E-state index >= 15 is 0 Å². The number of piperazine rings is 1. The van der Waals surface area contributed by atoms with Gasteiger partial charge < -0.3 is 4.90 Å². The fourth-order valence-electron chi connectivity index (χ4n) is 3.56. The minimum atomic E-state index is -3.98. The molecule has 0 aromatic heterocycles. The predicted octanol–water partition coefficient (Wildman–Crippen LogP) is 2.93. The molecule has 164 valence electrons. The molecule has 0 bridgehead atoms. The van der Waals surface area contributed by atoms with Crippen LogP contribution in [0.2, 0.25) is 0 Å². The Morgan fingerprint density at radius 3 is 2.23 bits per heavy atom. The van der Waals surface area contributed by atoms with Gasteiger partial charge in [0.2, 0.25) is 0 Å². The number of hydrogen-bond donors (Lipinski definition) is 1. The molecule has 1 amide bonds. The van der Waals surface area contributed by atoms with Crippen molar-refractivity contribution in [1.82, 2.24) is 9.80 Å². The topological polar surface area (TPSA) is 93.5 Å². The number of amides is 1. The van der Waals surface area contributed by atoms with Crippen molar-refractivity contribution < 1.29 is 17.6 Å². The van der Waals surface area contributed by atoms with Gasteiger partial charge >= 0.3 is 0 Å². The van der Waals surface area contributed by atoms with Gasteiger partial charge in [0.15, 0.2) is 0 Å². The van der Waals surface area contributed by atoms with Gasteiger partial charge in [0.1, 0.15) is 11.9 Å². The number of nitrogens with zero attached hydrogens (tertiary/aromatic N) is 3. The van der Waals surface area contributed by atoms with E-state index in [0.29, 0.717) is 31.7 Å². The van der Waals surface area contributed by atoms with Gasteiger partial charge in [0, 0.05) is 31.7 Å². The second kappa shape index (κ2) is 9.45. The van der Waals surface area contributed by atoms with E-state index in [1.807, 2.05) is 13.8 Å². The lowest BCUT2D eigenvalue weighted by Gasteiger charge is -2.38. The van der Waals surface area contributed by atoms with Gasteiger partial charge in [-0.15, -0.1) is 0 Å². The number of nitriles is 1. The quantitative estimate of drug-likeness (QED) is 0.739. The summed E-state index contributed by atoms with van der Waals surface area (Å²) in [5, 5.41) is 9.35. The monoisotopic (exact) mass is 444 g/mol. The summed E-state index contributed by atoms with van der Waals surface area (Å²) in [6.45, 7) is 6.23.